The summed E-state index contributed by atoms with van der Waals surface area (Å²) in [5.74, 6) is -0.854. The lowest BCUT2D eigenvalue weighted by molar-refractivity contribution is -0.132. The molecule has 2 heterocycles. The van der Waals surface area contributed by atoms with Gasteiger partial charge in [0.25, 0.3) is 5.78 Å². The van der Waals surface area contributed by atoms with Crippen LogP contribution in [0.5, 0.6) is 11.5 Å². The maximum atomic E-state index is 13.1. The fraction of sp³-hybridized carbons (Fsp3) is 0.136. The van der Waals surface area contributed by atoms with Crippen LogP contribution in [0.25, 0.3) is 5.76 Å². The summed E-state index contributed by atoms with van der Waals surface area (Å²) in [4.78, 5) is 31.6. The predicted octanol–water partition coefficient (Wildman–Crippen LogP) is 4.55. The highest BCUT2D eigenvalue weighted by Crippen LogP contribution is 2.44. The Labute approximate surface area is 190 Å². The minimum atomic E-state index is -0.880. The lowest BCUT2D eigenvalue weighted by Crippen LogP contribution is -2.29. The average molecular weight is 501 g/mol. The standard InChI is InChI=1S/C22H17BrN2O5S/c1-29-15-8-5-13(11-16(15)30-2)18-17(19(26)12-3-6-14(23)7-4-12)20(27)21(28)25(18)22-24-9-10-31-22/h3-11,18,26H,1-2H3. The number of aliphatic hydroxyl groups excluding tert-OH is 1. The van der Waals surface area contributed by atoms with E-state index in [1.807, 2.05) is 0 Å². The number of carbonyl (C=O) groups is 2. The Hall–Kier alpha value is -3.17. The van der Waals surface area contributed by atoms with Gasteiger partial charge in [0.05, 0.1) is 25.8 Å². The van der Waals surface area contributed by atoms with Gasteiger partial charge in [-0.25, -0.2) is 4.98 Å². The highest BCUT2D eigenvalue weighted by atomic mass is 79.9. The van der Waals surface area contributed by atoms with E-state index in [4.69, 9.17) is 9.47 Å². The second kappa shape index (κ2) is 8.52. The lowest BCUT2D eigenvalue weighted by Gasteiger charge is -2.23. The molecular weight excluding hydrogens is 484 g/mol. The molecule has 4 rings (SSSR count). The second-order valence-electron chi connectivity index (χ2n) is 6.61. The van der Waals surface area contributed by atoms with Gasteiger partial charge in [-0.3, -0.25) is 14.5 Å². The molecule has 1 aliphatic heterocycles. The van der Waals surface area contributed by atoms with Crippen molar-refractivity contribution in [3.63, 3.8) is 0 Å². The van der Waals surface area contributed by atoms with Crippen molar-refractivity contribution < 1.29 is 24.2 Å². The Morgan fingerprint density at radius 3 is 2.42 bits per heavy atom. The Kier molecular flexibility index (Phi) is 5.79. The Bertz CT molecular complexity index is 1180. The normalized spacial score (nSPS) is 17.8. The zero-order valence-electron chi connectivity index (χ0n) is 16.5. The minimum Gasteiger partial charge on any atom is -0.507 e. The number of anilines is 1. The van der Waals surface area contributed by atoms with Crippen LogP contribution in [0.15, 0.2) is 64.1 Å². The number of hydrogen-bond donors (Lipinski definition) is 1. The maximum absolute atomic E-state index is 13.1. The lowest BCUT2D eigenvalue weighted by atomic mass is 9.95. The molecule has 0 saturated carbocycles. The van der Waals surface area contributed by atoms with E-state index in [1.165, 1.54) is 30.5 Å². The van der Waals surface area contributed by atoms with E-state index in [-0.39, 0.29) is 11.3 Å². The number of Topliss-reactive ketones (excluding diaryl/α,β-unsaturated/α-hetero) is 1. The minimum absolute atomic E-state index is 0.0188. The first-order chi connectivity index (χ1) is 15.0. The van der Waals surface area contributed by atoms with Crippen LogP contribution in [0.3, 0.4) is 0 Å². The molecule has 9 heteroatoms. The molecular formula is C22H17BrN2O5S. The maximum Gasteiger partial charge on any atom is 0.301 e. The van der Waals surface area contributed by atoms with Crippen molar-refractivity contribution in [3.8, 4) is 11.5 Å². The van der Waals surface area contributed by atoms with E-state index in [1.54, 1.807) is 54.0 Å². The number of halogens is 1. The summed E-state index contributed by atoms with van der Waals surface area (Å²) >= 11 is 4.58. The van der Waals surface area contributed by atoms with Crippen LogP contribution in [0.2, 0.25) is 0 Å². The second-order valence-corrected chi connectivity index (χ2v) is 8.39. The van der Waals surface area contributed by atoms with Gasteiger partial charge < -0.3 is 14.6 Å². The fourth-order valence-electron chi connectivity index (χ4n) is 3.47. The molecule has 1 unspecified atom stereocenters. The number of amides is 1. The fourth-order valence-corrected chi connectivity index (χ4v) is 4.40. The molecule has 31 heavy (non-hydrogen) atoms. The Balaban J connectivity index is 1.94. The van der Waals surface area contributed by atoms with Crippen molar-refractivity contribution >= 4 is 49.8 Å². The van der Waals surface area contributed by atoms with Gasteiger partial charge in [-0.15, -0.1) is 11.3 Å². The van der Waals surface area contributed by atoms with E-state index in [0.717, 1.165) is 4.47 Å². The first-order valence-corrected chi connectivity index (χ1v) is 10.8. The van der Waals surface area contributed by atoms with Gasteiger partial charge >= 0.3 is 5.91 Å². The topological polar surface area (TPSA) is 89.0 Å². The van der Waals surface area contributed by atoms with Crippen molar-refractivity contribution in [1.29, 1.82) is 0 Å². The smallest absolute Gasteiger partial charge is 0.301 e. The first-order valence-electron chi connectivity index (χ1n) is 9.14. The first kappa shape index (κ1) is 21.1. The van der Waals surface area contributed by atoms with Crippen molar-refractivity contribution in [2.24, 2.45) is 0 Å². The number of aromatic nitrogens is 1. The van der Waals surface area contributed by atoms with Gasteiger partial charge in [-0.1, -0.05) is 34.1 Å². The molecule has 3 aromatic rings. The molecule has 0 spiro atoms. The average Bonchev–Trinajstić information content (AvgIpc) is 3.40. The number of ether oxygens (including phenoxy) is 2. The van der Waals surface area contributed by atoms with Gasteiger partial charge in [0.2, 0.25) is 0 Å². The molecule has 7 nitrogen and oxygen atoms in total. The molecule has 0 radical (unpaired) electrons. The zero-order chi connectivity index (χ0) is 22.1. The summed E-state index contributed by atoms with van der Waals surface area (Å²) < 4.78 is 11.5. The van der Waals surface area contributed by atoms with Crippen molar-refractivity contribution in [2.45, 2.75) is 6.04 Å². The summed E-state index contributed by atoms with van der Waals surface area (Å²) in [5.41, 5.74) is 0.978. The number of ketones is 1. The van der Waals surface area contributed by atoms with E-state index in [0.29, 0.717) is 27.8 Å². The quantitative estimate of drug-likeness (QED) is 0.314. The van der Waals surface area contributed by atoms with Crippen molar-refractivity contribution in [3.05, 3.63) is 75.2 Å². The molecule has 1 aromatic heterocycles. The number of rotatable bonds is 5. The van der Waals surface area contributed by atoms with Gasteiger partial charge in [0, 0.05) is 21.6 Å². The van der Waals surface area contributed by atoms with Gasteiger partial charge in [0.15, 0.2) is 16.6 Å². The van der Waals surface area contributed by atoms with Gasteiger partial charge in [0.1, 0.15) is 5.76 Å². The molecule has 2 aromatic carbocycles. The molecule has 158 valence electrons. The predicted molar refractivity (Wildman–Crippen MR) is 121 cm³/mol. The van der Waals surface area contributed by atoms with Gasteiger partial charge in [-0.2, -0.15) is 0 Å². The van der Waals surface area contributed by atoms with Crippen LogP contribution >= 0.6 is 27.3 Å². The number of benzene rings is 2. The SMILES string of the molecule is COc1ccc(C2C(=C(O)c3ccc(Br)cc3)C(=O)C(=O)N2c2nccs2)cc1OC. The van der Waals surface area contributed by atoms with Crippen molar-refractivity contribution in [1.82, 2.24) is 4.98 Å². The third kappa shape index (κ3) is 3.70. The van der Waals surface area contributed by atoms with Crippen LogP contribution in [0.4, 0.5) is 5.13 Å². The van der Waals surface area contributed by atoms with Crippen LogP contribution in [-0.2, 0) is 9.59 Å². The Morgan fingerprint density at radius 1 is 1.10 bits per heavy atom. The molecule has 1 aliphatic rings. The van der Waals surface area contributed by atoms with E-state index in [2.05, 4.69) is 20.9 Å². The van der Waals surface area contributed by atoms with Crippen LogP contribution in [-0.4, -0.2) is 36.0 Å². The highest BCUT2D eigenvalue weighted by Gasteiger charge is 2.48. The molecule has 1 fully saturated rings. The molecule has 0 bridgehead atoms. The summed E-state index contributed by atoms with van der Waals surface area (Å²) in [7, 11) is 3.02. The summed E-state index contributed by atoms with van der Waals surface area (Å²) in [6.45, 7) is 0. The number of aliphatic hydroxyl groups is 1. The molecule has 1 amide bonds. The summed E-state index contributed by atoms with van der Waals surface area (Å²) in [6.07, 6.45) is 1.56. The van der Waals surface area contributed by atoms with E-state index < -0.39 is 17.7 Å². The third-order valence-electron chi connectivity index (χ3n) is 4.91. The Morgan fingerprint density at radius 2 is 1.81 bits per heavy atom. The number of hydrogen-bond acceptors (Lipinski definition) is 7. The number of thiazole rings is 1. The van der Waals surface area contributed by atoms with Crippen LogP contribution < -0.4 is 14.4 Å². The van der Waals surface area contributed by atoms with E-state index in [9.17, 15) is 14.7 Å². The number of methoxy groups -OCH3 is 2. The molecule has 0 aliphatic carbocycles. The van der Waals surface area contributed by atoms with Crippen LogP contribution in [0.1, 0.15) is 17.2 Å². The highest BCUT2D eigenvalue weighted by molar-refractivity contribution is 9.10. The van der Waals surface area contributed by atoms with Crippen LogP contribution in [0, 0.1) is 0 Å². The largest absolute Gasteiger partial charge is 0.507 e. The molecule has 1 saturated heterocycles. The number of carbonyl (C=O) groups excluding carboxylic acids is 2. The summed E-state index contributed by atoms with van der Waals surface area (Å²) in [6, 6.07) is 11.1. The number of nitrogens with zero attached hydrogens (tertiary/aromatic N) is 2. The van der Waals surface area contributed by atoms with Crippen molar-refractivity contribution in [2.75, 3.05) is 19.1 Å². The third-order valence-corrected chi connectivity index (χ3v) is 6.21. The van der Waals surface area contributed by atoms with Gasteiger partial charge in [-0.05, 0) is 29.8 Å². The zero-order valence-corrected chi connectivity index (χ0v) is 18.9. The monoisotopic (exact) mass is 500 g/mol. The van der Waals surface area contributed by atoms with E-state index >= 15 is 0 Å². The summed E-state index contributed by atoms with van der Waals surface area (Å²) in [5, 5.41) is 13.1. The molecule has 1 atom stereocenters. The molecule has 1 N–H and O–H groups in total.